The van der Waals surface area contributed by atoms with Gasteiger partial charge in [0.05, 0.1) is 23.6 Å². The highest BCUT2D eigenvalue weighted by Crippen LogP contribution is 2.34. The highest BCUT2D eigenvalue weighted by atomic mass is 79.9. The van der Waals surface area contributed by atoms with Gasteiger partial charge in [-0.3, -0.25) is 19.3 Å². The Hall–Kier alpha value is -3.18. The minimum Gasteiger partial charge on any atom is -0.493 e. The number of nitrogens with zero attached hydrogens (tertiary/aromatic N) is 1. The molecule has 0 radical (unpaired) electrons. The molecule has 8 nitrogen and oxygen atoms in total. The zero-order valence-electron chi connectivity index (χ0n) is 20.4. The fraction of sp³-hybridized carbons (Fsp3) is 0.148. The molecule has 202 valence electrons. The lowest BCUT2D eigenvalue weighted by atomic mass is 10.2. The lowest BCUT2D eigenvalue weighted by Crippen LogP contribution is -2.32. The lowest BCUT2D eigenvalue weighted by Gasteiger charge is -2.13. The number of carbonyl (C=O) groups is 3. The predicted octanol–water partition coefficient (Wildman–Crippen LogP) is 6.90. The van der Waals surface area contributed by atoms with Crippen LogP contribution in [0.25, 0.3) is 6.08 Å². The van der Waals surface area contributed by atoms with Crippen LogP contribution in [-0.2, 0) is 9.59 Å². The van der Waals surface area contributed by atoms with Gasteiger partial charge in [-0.1, -0.05) is 29.3 Å². The molecule has 12 heteroatoms. The van der Waals surface area contributed by atoms with Crippen molar-refractivity contribution in [3.05, 3.63) is 85.7 Å². The molecular formula is C27H21BrCl2N2O6S. The van der Waals surface area contributed by atoms with Crippen LogP contribution in [-0.4, -0.2) is 48.8 Å². The molecule has 0 atom stereocenters. The zero-order chi connectivity index (χ0) is 27.9. The van der Waals surface area contributed by atoms with Crippen LogP contribution in [0.5, 0.6) is 17.2 Å². The summed E-state index contributed by atoms with van der Waals surface area (Å²) in [6, 6.07) is 16.8. The molecule has 0 bridgehead atoms. The Morgan fingerprint density at radius 1 is 1.03 bits per heavy atom. The maximum atomic E-state index is 12.8. The molecule has 1 aliphatic rings. The van der Waals surface area contributed by atoms with E-state index in [4.69, 9.17) is 37.4 Å². The number of methoxy groups -OCH3 is 1. The van der Waals surface area contributed by atoms with E-state index in [1.54, 1.807) is 66.7 Å². The first-order chi connectivity index (χ1) is 18.7. The van der Waals surface area contributed by atoms with E-state index in [9.17, 15) is 14.4 Å². The molecule has 0 spiro atoms. The van der Waals surface area contributed by atoms with Crippen LogP contribution in [0, 0.1) is 0 Å². The molecule has 39 heavy (non-hydrogen) atoms. The van der Waals surface area contributed by atoms with E-state index in [-0.39, 0.29) is 35.8 Å². The van der Waals surface area contributed by atoms with Crippen molar-refractivity contribution in [3.8, 4) is 17.2 Å². The number of hydrogen-bond acceptors (Lipinski definition) is 7. The molecule has 1 fully saturated rings. The van der Waals surface area contributed by atoms with Crippen molar-refractivity contribution in [1.29, 1.82) is 0 Å². The van der Waals surface area contributed by atoms with Crippen molar-refractivity contribution in [2.24, 2.45) is 0 Å². The fourth-order valence-electron chi connectivity index (χ4n) is 3.44. The highest BCUT2D eigenvalue weighted by Gasteiger charge is 2.34. The largest absolute Gasteiger partial charge is 0.493 e. The molecule has 1 saturated heterocycles. The third kappa shape index (κ3) is 7.69. The second kappa shape index (κ2) is 13.3. The molecule has 3 aromatic carbocycles. The smallest absolute Gasteiger partial charge is 0.293 e. The van der Waals surface area contributed by atoms with Crippen molar-refractivity contribution in [1.82, 2.24) is 4.90 Å². The number of anilines is 1. The van der Waals surface area contributed by atoms with E-state index in [2.05, 4.69) is 21.2 Å². The van der Waals surface area contributed by atoms with Gasteiger partial charge < -0.3 is 19.5 Å². The van der Waals surface area contributed by atoms with Gasteiger partial charge >= 0.3 is 0 Å². The number of nitrogens with one attached hydrogen (secondary N) is 1. The Balaban J connectivity index is 1.35. The van der Waals surface area contributed by atoms with Gasteiger partial charge in [0.15, 0.2) is 18.1 Å². The second-order valence-electron chi connectivity index (χ2n) is 8.01. The second-order valence-corrected chi connectivity index (χ2v) is 10.7. The standard InChI is InChI=1S/C27H21BrCl2N2O6S/c1-36-23-12-16(2-9-22(23)38-15-25(33)31-18-5-8-20(28)21(30)14-18)13-24-26(34)32(27(35)39-24)10-11-37-19-6-3-17(29)4-7-19/h2-9,12-14H,10-11,15H2,1H3,(H,31,33)/b24-13-. The Morgan fingerprint density at radius 2 is 1.79 bits per heavy atom. The van der Waals surface area contributed by atoms with E-state index < -0.39 is 5.91 Å². The summed E-state index contributed by atoms with van der Waals surface area (Å²) in [7, 11) is 1.46. The molecule has 0 aliphatic carbocycles. The number of halogens is 3. The Labute approximate surface area is 247 Å². The summed E-state index contributed by atoms with van der Waals surface area (Å²) in [5, 5.41) is 3.38. The van der Waals surface area contributed by atoms with Crippen LogP contribution in [0.1, 0.15) is 5.56 Å². The quantitative estimate of drug-likeness (QED) is 0.238. The number of benzene rings is 3. The Morgan fingerprint density at radius 3 is 2.51 bits per heavy atom. The van der Waals surface area contributed by atoms with Gasteiger partial charge in [-0.15, -0.1) is 0 Å². The van der Waals surface area contributed by atoms with Gasteiger partial charge in [-0.05, 0) is 93.9 Å². The average Bonchev–Trinajstić information content (AvgIpc) is 3.18. The maximum Gasteiger partial charge on any atom is 0.293 e. The van der Waals surface area contributed by atoms with Gasteiger partial charge in [0, 0.05) is 15.2 Å². The number of carbonyl (C=O) groups excluding carboxylic acids is 3. The monoisotopic (exact) mass is 650 g/mol. The van der Waals surface area contributed by atoms with Crippen molar-refractivity contribution < 1.29 is 28.6 Å². The molecule has 1 heterocycles. The summed E-state index contributed by atoms with van der Waals surface area (Å²) >= 11 is 16.1. The van der Waals surface area contributed by atoms with E-state index >= 15 is 0 Å². The number of amides is 3. The third-order valence-corrected chi connectivity index (χ3v) is 7.71. The summed E-state index contributed by atoms with van der Waals surface area (Å²) in [5.41, 5.74) is 1.15. The van der Waals surface area contributed by atoms with Crippen LogP contribution in [0.2, 0.25) is 10.0 Å². The van der Waals surface area contributed by atoms with Crippen LogP contribution < -0.4 is 19.5 Å². The van der Waals surface area contributed by atoms with E-state index in [0.29, 0.717) is 38.5 Å². The molecule has 4 rings (SSSR count). The number of rotatable bonds is 10. The molecule has 0 unspecified atom stereocenters. The fourth-order valence-corrected chi connectivity index (χ4v) is 4.86. The van der Waals surface area contributed by atoms with Crippen molar-refractivity contribution in [2.75, 3.05) is 32.2 Å². The summed E-state index contributed by atoms with van der Waals surface area (Å²) in [4.78, 5) is 39.0. The summed E-state index contributed by atoms with van der Waals surface area (Å²) in [6.07, 6.45) is 1.60. The Bertz CT molecular complexity index is 1430. The highest BCUT2D eigenvalue weighted by molar-refractivity contribution is 9.10. The van der Waals surface area contributed by atoms with E-state index in [1.807, 2.05) is 0 Å². The van der Waals surface area contributed by atoms with Crippen LogP contribution in [0.4, 0.5) is 10.5 Å². The number of thioether (sulfide) groups is 1. The summed E-state index contributed by atoms with van der Waals surface area (Å²) < 4.78 is 17.3. The molecule has 3 aromatic rings. The first-order valence-electron chi connectivity index (χ1n) is 11.4. The maximum absolute atomic E-state index is 12.8. The first-order valence-corrected chi connectivity index (χ1v) is 13.8. The molecule has 1 N–H and O–H groups in total. The van der Waals surface area contributed by atoms with Gasteiger partial charge in [-0.2, -0.15) is 0 Å². The normalized spacial score (nSPS) is 14.1. The topological polar surface area (TPSA) is 94.2 Å². The van der Waals surface area contributed by atoms with Gasteiger partial charge in [0.1, 0.15) is 12.4 Å². The number of hydrogen-bond donors (Lipinski definition) is 1. The summed E-state index contributed by atoms with van der Waals surface area (Å²) in [6.45, 7) is -0.00905. The van der Waals surface area contributed by atoms with Gasteiger partial charge in [0.25, 0.3) is 17.1 Å². The van der Waals surface area contributed by atoms with Crippen molar-refractivity contribution in [3.63, 3.8) is 0 Å². The van der Waals surface area contributed by atoms with E-state index in [0.717, 1.165) is 21.1 Å². The lowest BCUT2D eigenvalue weighted by molar-refractivity contribution is -0.123. The van der Waals surface area contributed by atoms with Crippen LogP contribution >= 0.6 is 50.9 Å². The van der Waals surface area contributed by atoms with E-state index in [1.165, 1.54) is 7.11 Å². The van der Waals surface area contributed by atoms with Crippen molar-refractivity contribution >= 4 is 79.7 Å². The Kier molecular flexibility index (Phi) is 9.79. The summed E-state index contributed by atoms with van der Waals surface area (Å²) in [5.74, 6) is 0.498. The predicted molar refractivity (Wildman–Crippen MR) is 156 cm³/mol. The molecule has 1 aliphatic heterocycles. The minimum atomic E-state index is -0.409. The number of ether oxygens (including phenoxy) is 3. The minimum absolute atomic E-state index is 0.106. The average molecular weight is 652 g/mol. The molecule has 0 saturated carbocycles. The zero-order valence-corrected chi connectivity index (χ0v) is 24.3. The van der Waals surface area contributed by atoms with Crippen molar-refractivity contribution in [2.45, 2.75) is 0 Å². The molecule has 3 amide bonds. The van der Waals surface area contributed by atoms with Gasteiger partial charge in [0.2, 0.25) is 0 Å². The van der Waals surface area contributed by atoms with Gasteiger partial charge in [-0.25, -0.2) is 0 Å². The number of imide groups is 1. The first kappa shape index (κ1) is 28.8. The SMILES string of the molecule is COc1cc(/C=C2\SC(=O)N(CCOc3ccc(Cl)cc3)C2=O)ccc1OCC(=O)Nc1ccc(Br)c(Cl)c1. The third-order valence-electron chi connectivity index (χ3n) is 5.32. The molecular weight excluding hydrogens is 631 g/mol. The van der Waals surface area contributed by atoms with Crippen LogP contribution in [0.3, 0.4) is 0 Å². The molecule has 0 aromatic heterocycles. The van der Waals surface area contributed by atoms with Crippen LogP contribution in [0.15, 0.2) is 70.0 Å².